The smallest absolute Gasteiger partial charge is 0.161 e. The van der Waals surface area contributed by atoms with Crippen LogP contribution in [-0.2, 0) is 4.43 Å². The third kappa shape index (κ3) is 22.2. The van der Waals surface area contributed by atoms with Gasteiger partial charge < -0.3 is 4.43 Å². The normalized spacial score (nSPS) is 12.0. The minimum Gasteiger partial charge on any atom is -0.427 e. The monoisotopic (exact) mass is 342 g/mol. The summed E-state index contributed by atoms with van der Waals surface area (Å²) in [4.78, 5) is 0. The molecule has 23 heavy (non-hydrogen) atoms. The van der Waals surface area contributed by atoms with Crippen LogP contribution in [-0.4, -0.2) is 16.9 Å². The predicted molar refractivity (Wildman–Crippen MR) is 109 cm³/mol. The van der Waals surface area contributed by atoms with Crippen LogP contribution in [0.5, 0.6) is 0 Å². The fraction of sp³-hybridized carbons (Fsp3) is 1.00. The molecule has 2 heteroatoms. The summed E-state index contributed by atoms with van der Waals surface area (Å²) in [6.45, 7) is 4.68. The molecule has 0 fully saturated rings. The first kappa shape index (κ1) is 23.2. The van der Waals surface area contributed by atoms with Crippen molar-refractivity contribution in [2.45, 2.75) is 123 Å². The maximum absolute atomic E-state index is 5.21. The molecular formula is C21H46OSi. The fourth-order valence-electron chi connectivity index (χ4n) is 3.27. The molecule has 0 unspecified atom stereocenters. The molecule has 0 saturated carbocycles. The van der Waals surface area contributed by atoms with Gasteiger partial charge in [-0.05, 0) is 12.0 Å². The van der Waals surface area contributed by atoms with Crippen LogP contribution in [0.15, 0.2) is 0 Å². The Morgan fingerprint density at radius 1 is 0.565 bits per heavy atom. The molecule has 1 nitrogen and oxygen atoms in total. The second-order valence-electron chi connectivity index (χ2n) is 7.83. The lowest BCUT2D eigenvalue weighted by molar-refractivity contribution is 0.438. The molecule has 0 atom stereocenters. The minimum atomic E-state index is -0.146. The van der Waals surface area contributed by atoms with Gasteiger partial charge in [-0.25, -0.2) is 0 Å². The van der Waals surface area contributed by atoms with E-state index in [0.717, 1.165) is 5.92 Å². The first-order valence-electron chi connectivity index (χ1n) is 10.8. The van der Waals surface area contributed by atoms with E-state index in [-0.39, 0.29) is 9.76 Å². The molecule has 140 valence electrons. The highest BCUT2D eigenvalue weighted by Crippen LogP contribution is 2.15. The average Bonchev–Trinajstić information content (AvgIpc) is 2.53. The lowest BCUT2D eigenvalue weighted by Gasteiger charge is -2.05. The average molecular weight is 343 g/mol. The van der Waals surface area contributed by atoms with E-state index in [0.29, 0.717) is 0 Å². The summed E-state index contributed by atoms with van der Waals surface area (Å²) in [6, 6.07) is 1.38. The highest BCUT2D eigenvalue weighted by molar-refractivity contribution is 6.26. The Morgan fingerprint density at radius 2 is 0.913 bits per heavy atom. The molecule has 0 bridgehead atoms. The fourth-order valence-corrected chi connectivity index (χ4v) is 4.12. The van der Waals surface area contributed by atoms with Crippen LogP contribution in [0.3, 0.4) is 0 Å². The van der Waals surface area contributed by atoms with Gasteiger partial charge >= 0.3 is 0 Å². The molecule has 0 aromatic carbocycles. The van der Waals surface area contributed by atoms with E-state index in [1.54, 1.807) is 0 Å². The van der Waals surface area contributed by atoms with Crippen molar-refractivity contribution < 1.29 is 4.43 Å². The summed E-state index contributed by atoms with van der Waals surface area (Å²) in [5, 5.41) is 0. The first-order valence-corrected chi connectivity index (χ1v) is 12.3. The number of rotatable bonds is 19. The Kier molecular flexibility index (Phi) is 20.4. The summed E-state index contributed by atoms with van der Waals surface area (Å²) in [7, 11) is 1.71. The van der Waals surface area contributed by atoms with Crippen LogP contribution in [0.2, 0.25) is 6.04 Å². The first-order chi connectivity index (χ1) is 11.3. The zero-order valence-corrected chi connectivity index (χ0v) is 18.1. The molecule has 0 rings (SSSR count). The van der Waals surface area contributed by atoms with Crippen molar-refractivity contribution >= 4 is 9.76 Å². The zero-order valence-electron chi connectivity index (χ0n) is 16.7. The van der Waals surface area contributed by atoms with Crippen molar-refractivity contribution in [3.8, 4) is 0 Å². The van der Waals surface area contributed by atoms with Gasteiger partial charge in [0.2, 0.25) is 0 Å². The largest absolute Gasteiger partial charge is 0.427 e. The van der Waals surface area contributed by atoms with Crippen molar-refractivity contribution in [3.63, 3.8) is 0 Å². The van der Waals surface area contributed by atoms with Crippen molar-refractivity contribution in [1.82, 2.24) is 0 Å². The van der Waals surface area contributed by atoms with Crippen LogP contribution in [0.25, 0.3) is 0 Å². The van der Waals surface area contributed by atoms with E-state index in [4.69, 9.17) is 4.43 Å². The van der Waals surface area contributed by atoms with Crippen LogP contribution in [0.4, 0.5) is 0 Å². The molecule has 0 aliphatic rings. The predicted octanol–water partition coefficient (Wildman–Crippen LogP) is 7.03. The molecule has 0 spiro atoms. The van der Waals surface area contributed by atoms with E-state index in [1.807, 2.05) is 7.11 Å². The van der Waals surface area contributed by atoms with Crippen molar-refractivity contribution in [1.29, 1.82) is 0 Å². The van der Waals surface area contributed by atoms with Gasteiger partial charge in [-0.1, -0.05) is 117 Å². The summed E-state index contributed by atoms with van der Waals surface area (Å²) < 4.78 is 5.21. The van der Waals surface area contributed by atoms with Crippen LogP contribution in [0, 0.1) is 5.92 Å². The standard InChI is InChI=1S/C21H46OSi/c1-21(2)19-17-15-13-11-9-7-5-4-6-8-10-12-14-16-18-20-23-22-3/h21H,4-20,23H2,1-3H3. The topological polar surface area (TPSA) is 9.23 Å². The van der Waals surface area contributed by atoms with Crippen LogP contribution >= 0.6 is 0 Å². The van der Waals surface area contributed by atoms with Gasteiger partial charge in [0.25, 0.3) is 0 Å². The van der Waals surface area contributed by atoms with E-state index >= 15 is 0 Å². The third-order valence-corrected chi connectivity index (χ3v) is 6.08. The summed E-state index contributed by atoms with van der Waals surface area (Å²) in [5.74, 6) is 0.896. The molecule has 0 heterocycles. The summed E-state index contributed by atoms with van der Waals surface area (Å²) in [6.07, 6.45) is 23.4. The lowest BCUT2D eigenvalue weighted by Crippen LogP contribution is -1.91. The number of hydrogen-bond donors (Lipinski definition) is 0. The Labute approximate surface area is 150 Å². The molecule has 0 saturated heterocycles. The molecule has 0 aromatic rings. The lowest BCUT2D eigenvalue weighted by atomic mass is 10.0. The Morgan fingerprint density at radius 3 is 1.26 bits per heavy atom. The van der Waals surface area contributed by atoms with Crippen LogP contribution in [0.1, 0.15) is 117 Å². The molecule has 0 aliphatic heterocycles. The SMILES string of the molecule is CO[SiH2]CCCCCCCCCCCCCCCCCC(C)C. The second-order valence-corrected chi connectivity index (χ2v) is 9.52. The van der Waals surface area contributed by atoms with E-state index in [1.165, 1.54) is 109 Å². The van der Waals surface area contributed by atoms with Gasteiger partial charge in [0.1, 0.15) is 0 Å². The number of unbranched alkanes of at least 4 members (excludes halogenated alkanes) is 14. The molecule has 0 N–H and O–H groups in total. The van der Waals surface area contributed by atoms with E-state index < -0.39 is 0 Å². The second kappa shape index (κ2) is 20.2. The Bertz CT molecular complexity index is 206. The third-order valence-electron chi connectivity index (χ3n) is 4.88. The van der Waals surface area contributed by atoms with Crippen molar-refractivity contribution in [3.05, 3.63) is 0 Å². The zero-order chi connectivity index (χ0) is 17.0. The highest BCUT2D eigenvalue weighted by Gasteiger charge is 1.96. The van der Waals surface area contributed by atoms with Crippen molar-refractivity contribution in [2.24, 2.45) is 5.92 Å². The van der Waals surface area contributed by atoms with Gasteiger partial charge in [0, 0.05) is 7.11 Å². The Balaban J connectivity index is 2.95. The summed E-state index contributed by atoms with van der Waals surface area (Å²) >= 11 is 0. The van der Waals surface area contributed by atoms with Gasteiger partial charge in [0.05, 0.1) is 0 Å². The highest BCUT2D eigenvalue weighted by atomic mass is 28.2. The van der Waals surface area contributed by atoms with Gasteiger partial charge in [-0.2, -0.15) is 0 Å². The van der Waals surface area contributed by atoms with Gasteiger partial charge in [-0.15, -0.1) is 0 Å². The van der Waals surface area contributed by atoms with E-state index in [2.05, 4.69) is 13.8 Å². The molecule has 0 amide bonds. The van der Waals surface area contributed by atoms with Crippen molar-refractivity contribution in [2.75, 3.05) is 7.11 Å². The molecule has 0 aromatic heterocycles. The maximum atomic E-state index is 5.21. The van der Waals surface area contributed by atoms with Gasteiger partial charge in [0.15, 0.2) is 9.76 Å². The molecule has 0 aliphatic carbocycles. The maximum Gasteiger partial charge on any atom is 0.161 e. The minimum absolute atomic E-state index is 0.146. The van der Waals surface area contributed by atoms with E-state index in [9.17, 15) is 0 Å². The molecule has 0 radical (unpaired) electrons. The Hall–Kier alpha value is 0.177. The number of hydrogen-bond acceptors (Lipinski definition) is 1. The van der Waals surface area contributed by atoms with Crippen LogP contribution < -0.4 is 0 Å². The van der Waals surface area contributed by atoms with Gasteiger partial charge in [-0.3, -0.25) is 0 Å². The summed E-state index contributed by atoms with van der Waals surface area (Å²) in [5.41, 5.74) is 0. The molecular weight excluding hydrogens is 296 g/mol. The quantitative estimate of drug-likeness (QED) is 0.181.